The first-order valence-electron chi connectivity index (χ1n) is 4.60. The van der Waals surface area contributed by atoms with Crippen molar-refractivity contribution in [2.45, 2.75) is 12.3 Å². The molecule has 0 unspecified atom stereocenters. The highest BCUT2D eigenvalue weighted by Gasteiger charge is 2.28. The Labute approximate surface area is 89.8 Å². The molecule has 1 aromatic rings. The Morgan fingerprint density at radius 3 is 3.00 bits per heavy atom. The molecule has 0 fully saturated rings. The maximum absolute atomic E-state index is 13.2. The van der Waals surface area contributed by atoms with Crippen LogP contribution >= 0.6 is 0 Å². The molecule has 7 heteroatoms. The van der Waals surface area contributed by atoms with Crippen LogP contribution in [0.2, 0.25) is 0 Å². The van der Waals surface area contributed by atoms with Crippen molar-refractivity contribution in [3.63, 3.8) is 0 Å². The fraction of sp³-hybridized carbons (Fsp3) is 0.333. The van der Waals surface area contributed by atoms with Gasteiger partial charge in [0.1, 0.15) is 17.7 Å². The normalized spacial score (nSPS) is 24.5. The highest BCUT2D eigenvalue weighted by atomic mass is 19.1. The SMILES string of the molecule is Nc1ccn([C@@H]2C=C(F)[C@@H](CO)O2)c(=O)n1. The molecular weight excluding hydrogens is 217 g/mol. The molecule has 0 saturated heterocycles. The fourth-order valence-electron chi connectivity index (χ4n) is 1.41. The van der Waals surface area contributed by atoms with E-state index in [1.165, 1.54) is 12.3 Å². The van der Waals surface area contributed by atoms with E-state index in [-0.39, 0.29) is 5.82 Å². The Bertz CT molecular complexity index is 485. The van der Waals surface area contributed by atoms with Crippen LogP contribution in [0.5, 0.6) is 0 Å². The second kappa shape index (κ2) is 4.03. The molecule has 0 spiro atoms. The maximum atomic E-state index is 13.2. The number of nitrogen functional groups attached to an aromatic ring is 1. The summed E-state index contributed by atoms with van der Waals surface area (Å²) in [6, 6.07) is 1.41. The molecule has 1 aliphatic heterocycles. The standard InChI is InChI=1S/C9H10FN3O3/c10-5-3-8(16-6(5)4-14)13-2-1-7(11)12-9(13)15/h1-3,6,8,14H,4H2,(H2,11,12,15)/t6-,8+/m1/s1. The van der Waals surface area contributed by atoms with Crippen LogP contribution in [0.15, 0.2) is 29.0 Å². The van der Waals surface area contributed by atoms with Gasteiger partial charge in [0, 0.05) is 6.20 Å². The molecule has 0 amide bonds. The van der Waals surface area contributed by atoms with Crippen LogP contribution < -0.4 is 11.4 Å². The van der Waals surface area contributed by atoms with E-state index in [9.17, 15) is 9.18 Å². The van der Waals surface area contributed by atoms with E-state index in [1.807, 2.05) is 0 Å². The predicted octanol–water partition coefficient (Wildman–Crippen LogP) is -0.431. The minimum absolute atomic E-state index is 0.0856. The molecule has 0 radical (unpaired) electrons. The number of rotatable bonds is 2. The monoisotopic (exact) mass is 227 g/mol. The Morgan fingerprint density at radius 2 is 2.44 bits per heavy atom. The van der Waals surface area contributed by atoms with Crippen LogP contribution in [0.1, 0.15) is 6.23 Å². The quantitative estimate of drug-likeness (QED) is 0.715. The lowest BCUT2D eigenvalue weighted by atomic mass is 10.3. The summed E-state index contributed by atoms with van der Waals surface area (Å²) in [5.41, 5.74) is 4.68. The number of nitrogens with zero attached hydrogens (tertiary/aromatic N) is 2. The molecule has 86 valence electrons. The van der Waals surface area contributed by atoms with Crippen molar-refractivity contribution in [1.29, 1.82) is 0 Å². The molecule has 1 aromatic heterocycles. The van der Waals surface area contributed by atoms with Gasteiger partial charge in [-0.05, 0) is 12.1 Å². The van der Waals surface area contributed by atoms with Crippen molar-refractivity contribution >= 4 is 5.82 Å². The molecule has 1 aliphatic rings. The second-order valence-electron chi connectivity index (χ2n) is 3.29. The number of nitrogens with two attached hydrogens (primary N) is 1. The van der Waals surface area contributed by atoms with E-state index < -0.39 is 30.5 Å². The molecule has 0 aliphatic carbocycles. The minimum atomic E-state index is -1.02. The highest BCUT2D eigenvalue weighted by Crippen LogP contribution is 2.26. The number of aromatic nitrogens is 2. The molecule has 2 atom stereocenters. The summed E-state index contributed by atoms with van der Waals surface area (Å²) in [6.07, 6.45) is 0.561. The molecule has 3 N–H and O–H groups in total. The van der Waals surface area contributed by atoms with Crippen LogP contribution in [0.4, 0.5) is 10.2 Å². The first-order valence-corrected chi connectivity index (χ1v) is 4.60. The molecular formula is C9H10FN3O3. The molecule has 0 saturated carbocycles. The third kappa shape index (κ3) is 1.82. The lowest BCUT2D eigenvalue weighted by molar-refractivity contribution is -0.0198. The summed E-state index contributed by atoms with van der Waals surface area (Å²) in [7, 11) is 0. The zero-order valence-electron chi connectivity index (χ0n) is 8.21. The number of ether oxygens (including phenoxy) is 1. The predicted molar refractivity (Wildman–Crippen MR) is 53.1 cm³/mol. The van der Waals surface area contributed by atoms with Gasteiger partial charge in [0.2, 0.25) is 0 Å². The van der Waals surface area contributed by atoms with Crippen LogP contribution in [-0.4, -0.2) is 27.4 Å². The topological polar surface area (TPSA) is 90.4 Å². The number of halogens is 1. The number of aliphatic hydroxyl groups excluding tert-OH is 1. The fourth-order valence-corrected chi connectivity index (χ4v) is 1.41. The third-order valence-corrected chi connectivity index (χ3v) is 2.20. The first kappa shape index (κ1) is 10.8. The molecule has 6 nitrogen and oxygen atoms in total. The largest absolute Gasteiger partial charge is 0.393 e. The number of hydrogen-bond donors (Lipinski definition) is 2. The summed E-state index contributed by atoms with van der Waals surface area (Å²) in [6.45, 7) is -0.476. The molecule has 0 bridgehead atoms. The van der Waals surface area contributed by atoms with Crippen LogP contribution in [0.3, 0.4) is 0 Å². The van der Waals surface area contributed by atoms with Gasteiger partial charge in [-0.1, -0.05) is 0 Å². The zero-order chi connectivity index (χ0) is 11.7. The zero-order valence-corrected chi connectivity index (χ0v) is 8.21. The van der Waals surface area contributed by atoms with Gasteiger partial charge in [0.15, 0.2) is 6.23 Å². The van der Waals surface area contributed by atoms with Crippen LogP contribution in [0, 0.1) is 0 Å². The summed E-state index contributed by atoms with van der Waals surface area (Å²) < 4.78 is 19.3. The van der Waals surface area contributed by atoms with Gasteiger partial charge in [-0.3, -0.25) is 4.57 Å². The van der Waals surface area contributed by atoms with Gasteiger partial charge in [-0.2, -0.15) is 4.98 Å². The van der Waals surface area contributed by atoms with Crippen molar-refractivity contribution < 1.29 is 14.2 Å². The van der Waals surface area contributed by atoms with E-state index in [0.29, 0.717) is 0 Å². The van der Waals surface area contributed by atoms with Gasteiger partial charge in [-0.25, -0.2) is 9.18 Å². The van der Waals surface area contributed by atoms with E-state index in [2.05, 4.69) is 4.98 Å². The first-order chi connectivity index (χ1) is 7.61. The Morgan fingerprint density at radius 1 is 1.69 bits per heavy atom. The second-order valence-corrected chi connectivity index (χ2v) is 3.29. The van der Waals surface area contributed by atoms with Gasteiger partial charge in [-0.15, -0.1) is 0 Å². The van der Waals surface area contributed by atoms with Crippen LogP contribution in [0.25, 0.3) is 0 Å². The van der Waals surface area contributed by atoms with Gasteiger partial charge in [0.05, 0.1) is 6.61 Å². The Hall–Kier alpha value is -1.73. The lowest BCUT2D eigenvalue weighted by Gasteiger charge is -2.14. The number of hydrogen-bond acceptors (Lipinski definition) is 5. The maximum Gasteiger partial charge on any atom is 0.351 e. The third-order valence-electron chi connectivity index (χ3n) is 2.20. The molecule has 2 rings (SSSR count). The summed E-state index contributed by atoms with van der Waals surface area (Å²) in [5.74, 6) is -0.515. The lowest BCUT2D eigenvalue weighted by Crippen LogP contribution is -2.28. The van der Waals surface area contributed by atoms with Crippen molar-refractivity contribution in [2.75, 3.05) is 12.3 Å². The van der Waals surface area contributed by atoms with Crippen molar-refractivity contribution in [1.82, 2.24) is 9.55 Å². The van der Waals surface area contributed by atoms with Gasteiger partial charge in [0.25, 0.3) is 0 Å². The summed E-state index contributed by atoms with van der Waals surface area (Å²) >= 11 is 0. The number of aliphatic hydroxyl groups is 1. The van der Waals surface area contributed by atoms with Crippen molar-refractivity contribution in [2.24, 2.45) is 0 Å². The minimum Gasteiger partial charge on any atom is -0.393 e. The number of anilines is 1. The molecule has 16 heavy (non-hydrogen) atoms. The van der Waals surface area contributed by atoms with E-state index >= 15 is 0 Å². The molecule has 2 heterocycles. The summed E-state index contributed by atoms with van der Waals surface area (Å²) in [5, 5.41) is 8.79. The van der Waals surface area contributed by atoms with E-state index in [4.69, 9.17) is 15.6 Å². The average molecular weight is 227 g/mol. The van der Waals surface area contributed by atoms with Gasteiger partial charge < -0.3 is 15.6 Å². The van der Waals surface area contributed by atoms with Crippen molar-refractivity contribution in [3.8, 4) is 0 Å². The van der Waals surface area contributed by atoms with Crippen molar-refractivity contribution in [3.05, 3.63) is 34.7 Å². The van der Waals surface area contributed by atoms with Crippen LogP contribution in [-0.2, 0) is 4.74 Å². The summed E-state index contributed by atoms with van der Waals surface area (Å²) in [4.78, 5) is 14.9. The van der Waals surface area contributed by atoms with E-state index in [0.717, 1.165) is 10.6 Å². The smallest absolute Gasteiger partial charge is 0.351 e. The Balaban J connectivity index is 2.31. The Kier molecular flexibility index (Phi) is 2.71. The van der Waals surface area contributed by atoms with Gasteiger partial charge >= 0.3 is 5.69 Å². The average Bonchev–Trinajstić information content (AvgIpc) is 2.59. The highest BCUT2D eigenvalue weighted by molar-refractivity contribution is 5.24. The molecule has 0 aromatic carbocycles. The van der Waals surface area contributed by atoms with E-state index in [1.54, 1.807) is 0 Å².